The summed E-state index contributed by atoms with van der Waals surface area (Å²) in [4.78, 5) is 3.91. The molecule has 0 N–H and O–H groups in total. The van der Waals surface area contributed by atoms with Crippen LogP contribution in [0.3, 0.4) is 0 Å². The number of nitrogens with zero attached hydrogens (tertiary/aromatic N) is 1. The van der Waals surface area contributed by atoms with Gasteiger partial charge in [0.05, 0.1) is 0 Å². The van der Waals surface area contributed by atoms with Gasteiger partial charge in [0, 0.05) is 16.8 Å². The van der Waals surface area contributed by atoms with Gasteiger partial charge in [-0.2, -0.15) is 0 Å². The molecule has 0 heterocycles. The summed E-state index contributed by atoms with van der Waals surface area (Å²) in [5.41, 5.74) is 0.810. The van der Waals surface area contributed by atoms with Gasteiger partial charge < -0.3 is 0 Å². The number of halogens is 3. The van der Waals surface area contributed by atoms with Crippen LogP contribution < -0.4 is 0 Å². The van der Waals surface area contributed by atoms with E-state index in [1.807, 2.05) is 24.3 Å². The van der Waals surface area contributed by atoms with Gasteiger partial charge in [-0.15, -0.1) is 0 Å². The maximum atomic E-state index is 13.2. The molecule has 4 heteroatoms. The Labute approximate surface area is 106 Å². The zero-order chi connectivity index (χ0) is 12.3. The smallest absolute Gasteiger partial charge is 0.149 e. The molecular weight excluding hydrogens is 288 g/mol. The van der Waals surface area contributed by atoms with Crippen molar-refractivity contribution < 1.29 is 8.78 Å². The first kappa shape index (κ1) is 11.9. The fourth-order valence-corrected chi connectivity index (χ4v) is 1.54. The molecule has 86 valence electrons. The molecule has 0 amide bonds. The van der Waals surface area contributed by atoms with Crippen molar-refractivity contribution in [2.75, 3.05) is 0 Å². The van der Waals surface area contributed by atoms with E-state index in [0.29, 0.717) is 0 Å². The summed E-state index contributed by atoms with van der Waals surface area (Å²) in [7, 11) is 0. The Morgan fingerprint density at radius 1 is 1.00 bits per heavy atom. The zero-order valence-electron chi connectivity index (χ0n) is 8.70. The summed E-state index contributed by atoms with van der Waals surface area (Å²) in [6.45, 7) is 0. The fourth-order valence-electron chi connectivity index (χ4n) is 1.28. The highest BCUT2D eigenvalue weighted by molar-refractivity contribution is 9.10. The van der Waals surface area contributed by atoms with Crippen molar-refractivity contribution in [1.29, 1.82) is 0 Å². The van der Waals surface area contributed by atoms with E-state index in [4.69, 9.17) is 0 Å². The Morgan fingerprint density at radius 3 is 2.41 bits per heavy atom. The molecule has 0 aliphatic carbocycles. The summed E-state index contributed by atoms with van der Waals surface area (Å²) in [6, 6.07) is 10.5. The third-order valence-electron chi connectivity index (χ3n) is 2.13. The minimum atomic E-state index is -0.542. The Hall–Kier alpha value is -1.55. The predicted octanol–water partition coefficient (Wildman–Crippen LogP) is 4.48. The molecule has 0 spiro atoms. The van der Waals surface area contributed by atoms with Crippen molar-refractivity contribution in [2.45, 2.75) is 0 Å². The first-order chi connectivity index (χ1) is 8.15. The molecule has 1 nitrogen and oxygen atoms in total. The second-order valence-corrected chi connectivity index (χ2v) is 4.32. The van der Waals surface area contributed by atoms with E-state index in [2.05, 4.69) is 20.9 Å². The standard InChI is InChI=1S/C13H8BrF2N/c14-10-3-1-9(2-4-10)8-17-13-7-11(15)5-6-12(13)16/h1-8H. The minimum Gasteiger partial charge on any atom is -0.253 e. The van der Waals surface area contributed by atoms with Crippen molar-refractivity contribution in [1.82, 2.24) is 0 Å². The highest BCUT2D eigenvalue weighted by Crippen LogP contribution is 2.18. The number of benzene rings is 2. The summed E-state index contributed by atoms with van der Waals surface area (Å²) in [5, 5.41) is 0. The third kappa shape index (κ3) is 3.20. The van der Waals surface area contributed by atoms with Crippen molar-refractivity contribution in [3.8, 4) is 0 Å². The van der Waals surface area contributed by atoms with Crippen LogP contribution in [0.25, 0.3) is 0 Å². The average molecular weight is 296 g/mol. The molecule has 17 heavy (non-hydrogen) atoms. The molecule has 0 fully saturated rings. The lowest BCUT2D eigenvalue weighted by Crippen LogP contribution is -1.82. The van der Waals surface area contributed by atoms with Crippen LogP contribution in [-0.4, -0.2) is 6.21 Å². The first-order valence-electron chi connectivity index (χ1n) is 4.90. The van der Waals surface area contributed by atoms with E-state index >= 15 is 0 Å². The van der Waals surface area contributed by atoms with Gasteiger partial charge in [0.15, 0.2) is 0 Å². The Morgan fingerprint density at radius 2 is 1.71 bits per heavy atom. The topological polar surface area (TPSA) is 12.4 Å². The molecular formula is C13H8BrF2N. The van der Waals surface area contributed by atoms with E-state index in [1.54, 1.807) is 0 Å². The van der Waals surface area contributed by atoms with Crippen LogP contribution in [0, 0.1) is 11.6 Å². The van der Waals surface area contributed by atoms with Crippen molar-refractivity contribution in [2.24, 2.45) is 4.99 Å². The molecule has 0 aliphatic rings. The van der Waals surface area contributed by atoms with Crippen molar-refractivity contribution >= 4 is 27.8 Å². The summed E-state index contributed by atoms with van der Waals surface area (Å²) in [5.74, 6) is -1.05. The summed E-state index contributed by atoms with van der Waals surface area (Å²) >= 11 is 3.31. The van der Waals surface area contributed by atoms with Crippen LogP contribution in [0.15, 0.2) is 51.9 Å². The lowest BCUT2D eigenvalue weighted by atomic mass is 10.2. The molecule has 0 unspecified atom stereocenters. The van der Waals surface area contributed by atoms with Crippen LogP contribution >= 0.6 is 15.9 Å². The van der Waals surface area contributed by atoms with Crippen LogP contribution in [0.4, 0.5) is 14.5 Å². The fraction of sp³-hybridized carbons (Fsp3) is 0. The van der Waals surface area contributed by atoms with E-state index in [9.17, 15) is 8.78 Å². The van der Waals surface area contributed by atoms with Gasteiger partial charge >= 0.3 is 0 Å². The van der Waals surface area contributed by atoms with Gasteiger partial charge in [-0.25, -0.2) is 8.78 Å². The van der Waals surface area contributed by atoms with Gasteiger partial charge in [-0.05, 0) is 29.8 Å². The lowest BCUT2D eigenvalue weighted by molar-refractivity contribution is 0.602. The molecule has 2 rings (SSSR count). The predicted molar refractivity (Wildman–Crippen MR) is 67.8 cm³/mol. The SMILES string of the molecule is Fc1ccc(F)c(N=Cc2ccc(Br)cc2)c1. The second kappa shape index (κ2) is 5.19. The number of hydrogen-bond donors (Lipinski definition) is 0. The monoisotopic (exact) mass is 295 g/mol. The lowest BCUT2D eigenvalue weighted by Gasteiger charge is -1.97. The number of hydrogen-bond acceptors (Lipinski definition) is 1. The van der Waals surface area contributed by atoms with Crippen LogP contribution in [0.2, 0.25) is 0 Å². The zero-order valence-corrected chi connectivity index (χ0v) is 10.3. The Balaban J connectivity index is 2.25. The van der Waals surface area contributed by atoms with Crippen LogP contribution in [0.1, 0.15) is 5.56 Å². The molecule has 0 radical (unpaired) electrons. The molecule has 0 aromatic heterocycles. The third-order valence-corrected chi connectivity index (χ3v) is 2.66. The minimum absolute atomic E-state index is 0.00656. The van der Waals surface area contributed by atoms with Gasteiger partial charge in [0.1, 0.15) is 17.3 Å². The van der Waals surface area contributed by atoms with Gasteiger partial charge in [0.2, 0.25) is 0 Å². The Kier molecular flexibility index (Phi) is 3.64. The second-order valence-electron chi connectivity index (χ2n) is 3.41. The van der Waals surface area contributed by atoms with E-state index < -0.39 is 11.6 Å². The quantitative estimate of drug-likeness (QED) is 0.725. The first-order valence-corrected chi connectivity index (χ1v) is 5.69. The van der Waals surface area contributed by atoms with Crippen LogP contribution in [-0.2, 0) is 0 Å². The van der Waals surface area contributed by atoms with Gasteiger partial charge in [-0.3, -0.25) is 4.99 Å². The molecule has 0 aliphatic heterocycles. The van der Waals surface area contributed by atoms with E-state index in [1.165, 1.54) is 6.21 Å². The van der Waals surface area contributed by atoms with E-state index in [-0.39, 0.29) is 5.69 Å². The Bertz CT molecular complexity index is 550. The maximum Gasteiger partial charge on any atom is 0.149 e. The highest BCUT2D eigenvalue weighted by Gasteiger charge is 2.00. The normalized spacial score (nSPS) is 11.0. The average Bonchev–Trinajstić information content (AvgIpc) is 2.32. The molecule has 0 saturated heterocycles. The van der Waals surface area contributed by atoms with Crippen LogP contribution in [0.5, 0.6) is 0 Å². The molecule has 2 aromatic rings. The molecule has 2 aromatic carbocycles. The molecule has 0 saturated carbocycles. The van der Waals surface area contributed by atoms with Gasteiger partial charge in [-0.1, -0.05) is 28.1 Å². The molecule has 0 atom stereocenters. The number of rotatable bonds is 2. The molecule has 0 bridgehead atoms. The highest BCUT2D eigenvalue weighted by atomic mass is 79.9. The summed E-state index contributed by atoms with van der Waals surface area (Å²) in [6.07, 6.45) is 1.49. The number of aliphatic imine (C=N–C) groups is 1. The summed E-state index contributed by atoms with van der Waals surface area (Å²) < 4.78 is 27.1. The van der Waals surface area contributed by atoms with Crippen molar-refractivity contribution in [3.05, 3.63) is 64.1 Å². The van der Waals surface area contributed by atoms with Gasteiger partial charge in [0.25, 0.3) is 0 Å². The van der Waals surface area contributed by atoms with E-state index in [0.717, 1.165) is 28.2 Å². The van der Waals surface area contributed by atoms with Crippen molar-refractivity contribution in [3.63, 3.8) is 0 Å². The maximum absolute atomic E-state index is 13.2. The largest absolute Gasteiger partial charge is 0.253 e.